The molecule has 0 aromatic heterocycles. The Morgan fingerprint density at radius 1 is 1.31 bits per heavy atom. The van der Waals surface area contributed by atoms with Gasteiger partial charge in [-0.15, -0.1) is 0 Å². The number of nitrogens with zero attached hydrogens (tertiary/aromatic N) is 1. The van der Waals surface area contributed by atoms with Crippen molar-refractivity contribution in [2.75, 3.05) is 20.1 Å². The van der Waals surface area contributed by atoms with E-state index in [1.165, 1.54) is 16.7 Å². The summed E-state index contributed by atoms with van der Waals surface area (Å²) in [5, 5.41) is 10.5. The number of likely N-dealkylation sites (N-methyl/N-ethyl adjacent to an activating group) is 1. The van der Waals surface area contributed by atoms with Crippen LogP contribution < -0.4 is 0 Å². The number of aliphatic hydroxyl groups is 1. The lowest BCUT2D eigenvalue weighted by molar-refractivity contribution is 0.0520. The largest absolute Gasteiger partial charge is 0.388 e. The molecule has 1 atom stereocenters. The van der Waals surface area contributed by atoms with E-state index in [1.807, 2.05) is 0 Å². The van der Waals surface area contributed by atoms with Crippen molar-refractivity contribution in [3.8, 4) is 0 Å². The van der Waals surface area contributed by atoms with Gasteiger partial charge in [0.05, 0.1) is 5.60 Å². The summed E-state index contributed by atoms with van der Waals surface area (Å²) in [7, 11) is 2.07. The molecule has 1 fully saturated rings. The molecule has 88 valence electrons. The lowest BCUT2D eigenvalue weighted by Gasteiger charge is -2.24. The minimum absolute atomic E-state index is 0.522. The SMILES string of the molecule is Cc1cccc(C)c1CC1(O)CCN(C)C1. The topological polar surface area (TPSA) is 23.5 Å². The quantitative estimate of drug-likeness (QED) is 0.821. The zero-order valence-corrected chi connectivity index (χ0v) is 10.5. The molecule has 2 nitrogen and oxygen atoms in total. The minimum Gasteiger partial charge on any atom is -0.388 e. The van der Waals surface area contributed by atoms with Crippen LogP contribution in [0.3, 0.4) is 0 Å². The molecule has 0 aliphatic carbocycles. The highest BCUT2D eigenvalue weighted by atomic mass is 16.3. The first-order valence-electron chi connectivity index (χ1n) is 5.96. The molecule has 1 heterocycles. The Balaban J connectivity index is 2.21. The van der Waals surface area contributed by atoms with Gasteiger partial charge in [-0.05, 0) is 44.0 Å². The second kappa shape index (κ2) is 4.19. The molecule has 1 aromatic carbocycles. The van der Waals surface area contributed by atoms with E-state index in [4.69, 9.17) is 0 Å². The summed E-state index contributed by atoms with van der Waals surface area (Å²) in [6, 6.07) is 6.34. The van der Waals surface area contributed by atoms with E-state index in [9.17, 15) is 5.11 Å². The molecule has 16 heavy (non-hydrogen) atoms. The average molecular weight is 219 g/mol. The van der Waals surface area contributed by atoms with Crippen molar-refractivity contribution in [1.29, 1.82) is 0 Å². The average Bonchev–Trinajstić information content (AvgIpc) is 2.53. The summed E-state index contributed by atoms with van der Waals surface area (Å²) in [5.74, 6) is 0. The lowest BCUT2D eigenvalue weighted by Crippen LogP contribution is -2.34. The fourth-order valence-corrected chi connectivity index (χ4v) is 2.66. The molecule has 1 aliphatic heterocycles. The van der Waals surface area contributed by atoms with Gasteiger partial charge in [0.2, 0.25) is 0 Å². The van der Waals surface area contributed by atoms with Crippen LogP contribution in [0.1, 0.15) is 23.1 Å². The first-order valence-corrected chi connectivity index (χ1v) is 5.96. The van der Waals surface area contributed by atoms with E-state index in [-0.39, 0.29) is 0 Å². The van der Waals surface area contributed by atoms with Gasteiger partial charge in [0.25, 0.3) is 0 Å². The normalized spacial score (nSPS) is 26.2. The molecule has 0 radical (unpaired) electrons. The summed E-state index contributed by atoms with van der Waals surface area (Å²) < 4.78 is 0. The molecule has 0 amide bonds. The maximum Gasteiger partial charge on any atom is 0.0826 e. The number of benzene rings is 1. The van der Waals surface area contributed by atoms with Crippen LogP contribution in [0.5, 0.6) is 0 Å². The highest BCUT2D eigenvalue weighted by Gasteiger charge is 2.34. The molecule has 1 aromatic rings. The molecule has 1 saturated heterocycles. The van der Waals surface area contributed by atoms with E-state index >= 15 is 0 Å². The van der Waals surface area contributed by atoms with Gasteiger partial charge in [-0.25, -0.2) is 0 Å². The zero-order chi connectivity index (χ0) is 11.8. The zero-order valence-electron chi connectivity index (χ0n) is 10.5. The third-order valence-corrected chi connectivity index (χ3v) is 3.67. The lowest BCUT2D eigenvalue weighted by atomic mass is 9.89. The fourth-order valence-electron chi connectivity index (χ4n) is 2.66. The van der Waals surface area contributed by atoms with Gasteiger partial charge in [-0.3, -0.25) is 0 Å². The number of likely N-dealkylation sites (tertiary alicyclic amines) is 1. The van der Waals surface area contributed by atoms with Crippen molar-refractivity contribution in [1.82, 2.24) is 4.90 Å². The monoisotopic (exact) mass is 219 g/mol. The molecule has 0 spiro atoms. The second-order valence-corrected chi connectivity index (χ2v) is 5.26. The van der Waals surface area contributed by atoms with Crippen LogP contribution in [0.2, 0.25) is 0 Å². The molecule has 1 unspecified atom stereocenters. The summed E-state index contributed by atoms with van der Waals surface area (Å²) in [4.78, 5) is 2.20. The molecule has 2 heteroatoms. The van der Waals surface area contributed by atoms with Crippen LogP contribution in [-0.4, -0.2) is 35.7 Å². The first-order chi connectivity index (χ1) is 7.50. The van der Waals surface area contributed by atoms with Crippen LogP contribution in [-0.2, 0) is 6.42 Å². The Morgan fingerprint density at radius 3 is 2.44 bits per heavy atom. The number of β-amino-alcohol motifs (C(OH)–C–C–N with tert-alkyl or cyclic N) is 1. The molecular formula is C14H21NO. The Kier molecular flexibility index (Phi) is 3.04. The summed E-state index contributed by atoms with van der Waals surface area (Å²) in [6.45, 7) is 6.05. The van der Waals surface area contributed by atoms with Gasteiger partial charge in [0, 0.05) is 19.5 Å². The predicted molar refractivity (Wildman–Crippen MR) is 66.7 cm³/mol. The Bertz CT molecular complexity index is 368. The Hall–Kier alpha value is -0.860. The smallest absolute Gasteiger partial charge is 0.0826 e. The van der Waals surface area contributed by atoms with E-state index in [0.717, 1.165) is 25.9 Å². The standard InChI is InChI=1S/C14H21NO/c1-11-5-4-6-12(2)13(11)9-14(16)7-8-15(3)10-14/h4-6,16H,7-10H2,1-3H3. The van der Waals surface area contributed by atoms with E-state index in [1.54, 1.807) is 0 Å². The van der Waals surface area contributed by atoms with Crippen LogP contribution in [0.4, 0.5) is 0 Å². The van der Waals surface area contributed by atoms with Crippen molar-refractivity contribution in [3.05, 3.63) is 34.9 Å². The first kappa shape index (κ1) is 11.6. The summed E-state index contributed by atoms with van der Waals surface area (Å²) in [5.41, 5.74) is 3.39. The Labute approximate surface area is 97.9 Å². The predicted octanol–water partition coefficient (Wildman–Crippen LogP) is 1.91. The molecule has 1 N–H and O–H groups in total. The van der Waals surface area contributed by atoms with Crippen LogP contribution in [0, 0.1) is 13.8 Å². The number of aryl methyl sites for hydroxylation is 2. The molecule has 0 saturated carbocycles. The molecule has 1 aliphatic rings. The minimum atomic E-state index is -0.522. The van der Waals surface area contributed by atoms with Crippen LogP contribution in [0.15, 0.2) is 18.2 Å². The maximum atomic E-state index is 10.5. The van der Waals surface area contributed by atoms with Gasteiger partial charge < -0.3 is 10.0 Å². The van der Waals surface area contributed by atoms with Crippen LogP contribution in [0.25, 0.3) is 0 Å². The van der Waals surface area contributed by atoms with Crippen LogP contribution >= 0.6 is 0 Å². The van der Waals surface area contributed by atoms with Crippen molar-refractivity contribution >= 4 is 0 Å². The molecule has 2 rings (SSSR count). The van der Waals surface area contributed by atoms with E-state index < -0.39 is 5.60 Å². The third-order valence-electron chi connectivity index (χ3n) is 3.67. The molecule has 0 bridgehead atoms. The summed E-state index contributed by atoms with van der Waals surface area (Å²) >= 11 is 0. The number of hydrogen-bond acceptors (Lipinski definition) is 2. The molecular weight excluding hydrogens is 198 g/mol. The van der Waals surface area contributed by atoms with Gasteiger partial charge >= 0.3 is 0 Å². The highest BCUT2D eigenvalue weighted by molar-refractivity contribution is 5.34. The van der Waals surface area contributed by atoms with E-state index in [2.05, 4.69) is 44.0 Å². The third kappa shape index (κ3) is 2.28. The Morgan fingerprint density at radius 2 is 1.94 bits per heavy atom. The fraction of sp³-hybridized carbons (Fsp3) is 0.571. The van der Waals surface area contributed by atoms with Gasteiger partial charge in [-0.1, -0.05) is 18.2 Å². The van der Waals surface area contributed by atoms with Gasteiger partial charge in [0.15, 0.2) is 0 Å². The van der Waals surface area contributed by atoms with Gasteiger partial charge in [-0.2, -0.15) is 0 Å². The second-order valence-electron chi connectivity index (χ2n) is 5.26. The van der Waals surface area contributed by atoms with Crippen molar-refractivity contribution in [2.45, 2.75) is 32.3 Å². The van der Waals surface area contributed by atoms with Crippen molar-refractivity contribution in [3.63, 3.8) is 0 Å². The number of hydrogen-bond donors (Lipinski definition) is 1. The van der Waals surface area contributed by atoms with Crippen molar-refractivity contribution in [2.24, 2.45) is 0 Å². The van der Waals surface area contributed by atoms with Gasteiger partial charge in [0.1, 0.15) is 0 Å². The highest BCUT2D eigenvalue weighted by Crippen LogP contribution is 2.27. The maximum absolute atomic E-state index is 10.5. The van der Waals surface area contributed by atoms with Crippen molar-refractivity contribution < 1.29 is 5.11 Å². The summed E-state index contributed by atoms with van der Waals surface area (Å²) in [6.07, 6.45) is 1.67. The number of rotatable bonds is 2. The van der Waals surface area contributed by atoms with E-state index in [0.29, 0.717) is 0 Å².